The van der Waals surface area contributed by atoms with Crippen molar-refractivity contribution in [2.24, 2.45) is 5.73 Å². The first-order valence-electron chi connectivity index (χ1n) is 4.88. The summed E-state index contributed by atoms with van der Waals surface area (Å²) in [5, 5.41) is 0. The first-order chi connectivity index (χ1) is 7.56. The van der Waals surface area contributed by atoms with Crippen molar-refractivity contribution >= 4 is 41.0 Å². The van der Waals surface area contributed by atoms with E-state index >= 15 is 0 Å². The lowest BCUT2D eigenvalue weighted by molar-refractivity contribution is -0.149. The molecule has 6 heteroatoms. The lowest BCUT2D eigenvalue weighted by Crippen LogP contribution is -2.31. The molecule has 1 unspecified atom stereocenters. The number of rotatable bonds is 4. The normalized spacial score (nSPS) is 13.4. The monoisotopic (exact) mass is 373 g/mol. The Labute approximate surface area is 119 Å². The van der Waals surface area contributed by atoms with Crippen molar-refractivity contribution in [2.45, 2.75) is 19.1 Å². The lowest BCUT2D eigenvalue weighted by Gasteiger charge is -2.15. The summed E-state index contributed by atoms with van der Waals surface area (Å²) < 4.78 is 19.1. The summed E-state index contributed by atoms with van der Waals surface area (Å²) in [7, 11) is 0. The van der Waals surface area contributed by atoms with E-state index in [0.717, 1.165) is 3.57 Å². The van der Waals surface area contributed by atoms with Crippen LogP contribution in [-0.2, 0) is 9.53 Å². The van der Waals surface area contributed by atoms with Crippen LogP contribution in [0.15, 0.2) is 24.3 Å². The standard InChI is InChI=1S/C11H13FINO2.ClH/c1-2-16-11(15)9(12)10(14)7-4-3-5-8(13)6-7;/h3-6,9-10H,2,14H2,1H3;1H/t9?,10-;/m1./s1. The maximum atomic E-state index is 13.6. The van der Waals surface area contributed by atoms with Gasteiger partial charge in [0, 0.05) is 3.57 Å². The molecule has 0 aliphatic heterocycles. The highest BCUT2D eigenvalue weighted by Crippen LogP contribution is 2.19. The molecule has 0 fully saturated rings. The first kappa shape index (κ1) is 16.6. The molecule has 0 saturated carbocycles. The van der Waals surface area contributed by atoms with E-state index in [-0.39, 0.29) is 19.0 Å². The number of benzene rings is 1. The molecule has 96 valence electrons. The quantitative estimate of drug-likeness (QED) is 0.652. The molecular formula is C11H14ClFINO2. The third kappa shape index (κ3) is 4.77. The predicted octanol–water partition coefficient (Wildman–Crippen LogP) is 2.61. The number of alkyl halides is 1. The molecule has 0 amide bonds. The Balaban J connectivity index is 0.00000256. The van der Waals surface area contributed by atoms with Crippen molar-refractivity contribution < 1.29 is 13.9 Å². The van der Waals surface area contributed by atoms with E-state index < -0.39 is 18.2 Å². The molecule has 2 N–H and O–H groups in total. The minimum atomic E-state index is -1.82. The van der Waals surface area contributed by atoms with Crippen LogP contribution in [0, 0.1) is 3.57 Å². The van der Waals surface area contributed by atoms with Gasteiger partial charge in [0.2, 0.25) is 6.17 Å². The SMILES string of the molecule is CCOC(=O)C(F)[C@H](N)c1cccc(I)c1.Cl. The van der Waals surface area contributed by atoms with E-state index in [1.54, 1.807) is 25.1 Å². The predicted molar refractivity (Wildman–Crippen MR) is 74.9 cm³/mol. The average Bonchev–Trinajstić information content (AvgIpc) is 2.27. The molecular weight excluding hydrogens is 359 g/mol. The summed E-state index contributed by atoms with van der Waals surface area (Å²) >= 11 is 2.10. The fourth-order valence-electron chi connectivity index (χ4n) is 1.25. The van der Waals surface area contributed by atoms with Crippen molar-refractivity contribution in [3.05, 3.63) is 33.4 Å². The van der Waals surface area contributed by atoms with Crippen LogP contribution in [0.2, 0.25) is 0 Å². The van der Waals surface area contributed by atoms with Gasteiger partial charge >= 0.3 is 5.97 Å². The van der Waals surface area contributed by atoms with E-state index in [0.29, 0.717) is 5.56 Å². The van der Waals surface area contributed by atoms with Crippen molar-refractivity contribution in [1.82, 2.24) is 0 Å². The summed E-state index contributed by atoms with van der Waals surface area (Å²) in [5.41, 5.74) is 6.25. The van der Waals surface area contributed by atoms with Gasteiger partial charge in [-0.25, -0.2) is 9.18 Å². The summed E-state index contributed by atoms with van der Waals surface area (Å²) in [6.07, 6.45) is -1.82. The van der Waals surface area contributed by atoms with Gasteiger partial charge in [-0.3, -0.25) is 0 Å². The second kappa shape index (κ2) is 7.84. The van der Waals surface area contributed by atoms with Gasteiger partial charge in [0.15, 0.2) is 0 Å². The Hall–Kier alpha value is -0.400. The molecule has 0 spiro atoms. The summed E-state index contributed by atoms with van der Waals surface area (Å²) in [4.78, 5) is 11.2. The molecule has 0 aromatic heterocycles. The molecule has 1 aromatic carbocycles. The molecule has 1 rings (SSSR count). The Morgan fingerprint density at radius 3 is 2.76 bits per heavy atom. The number of carbonyl (C=O) groups excluding carboxylic acids is 1. The Kier molecular flexibility index (Phi) is 7.65. The maximum absolute atomic E-state index is 13.6. The van der Waals surface area contributed by atoms with Crippen LogP contribution in [0.1, 0.15) is 18.5 Å². The highest BCUT2D eigenvalue weighted by molar-refractivity contribution is 14.1. The van der Waals surface area contributed by atoms with E-state index in [4.69, 9.17) is 5.73 Å². The zero-order valence-electron chi connectivity index (χ0n) is 9.23. The van der Waals surface area contributed by atoms with Crippen LogP contribution in [0.5, 0.6) is 0 Å². The zero-order valence-corrected chi connectivity index (χ0v) is 12.2. The molecule has 17 heavy (non-hydrogen) atoms. The molecule has 0 bridgehead atoms. The largest absolute Gasteiger partial charge is 0.464 e. The van der Waals surface area contributed by atoms with Crippen LogP contribution >= 0.6 is 35.0 Å². The molecule has 0 saturated heterocycles. The number of halogens is 3. The summed E-state index contributed by atoms with van der Waals surface area (Å²) in [6, 6.07) is 6.10. The van der Waals surface area contributed by atoms with Gasteiger partial charge in [-0.15, -0.1) is 12.4 Å². The number of nitrogens with two attached hydrogens (primary N) is 1. The number of hydrogen-bond donors (Lipinski definition) is 1. The highest BCUT2D eigenvalue weighted by atomic mass is 127. The van der Waals surface area contributed by atoms with Gasteiger partial charge in [0.05, 0.1) is 12.6 Å². The Morgan fingerprint density at radius 2 is 2.24 bits per heavy atom. The van der Waals surface area contributed by atoms with Crippen molar-refractivity contribution in [1.29, 1.82) is 0 Å². The molecule has 1 aromatic rings. The number of hydrogen-bond acceptors (Lipinski definition) is 3. The minimum absolute atomic E-state index is 0. The second-order valence-electron chi connectivity index (χ2n) is 3.23. The van der Waals surface area contributed by atoms with Gasteiger partial charge in [-0.1, -0.05) is 12.1 Å². The van der Waals surface area contributed by atoms with E-state index in [1.807, 2.05) is 6.07 Å². The van der Waals surface area contributed by atoms with Crippen LogP contribution < -0.4 is 5.73 Å². The topological polar surface area (TPSA) is 52.3 Å². The van der Waals surface area contributed by atoms with Crippen LogP contribution in [0.3, 0.4) is 0 Å². The molecule has 0 heterocycles. The van der Waals surface area contributed by atoms with Gasteiger partial charge in [-0.2, -0.15) is 0 Å². The average molecular weight is 374 g/mol. The zero-order chi connectivity index (χ0) is 12.1. The van der Waals surface area contributed by atoms with Crippen molar-refractivity contribution in [3.63, 3.8) is 0 Å². The molecule has 0 aliphatic carbocycles. The van der Waals surface area contributed by atoms with Crippen LogP contribution in [0.4, 0.5) is 4.39 Å². The van der Waals surface area contributed by atoms with Crippen LogP contribution in [-0.4, -0.2) is 18.7 Å². The molecule has 2 atom stereocenters. The van der Waals surface area contributed by atoms with Crippen LogP contribution in [0.25, 0.3) is 0 Å². The summed E-state index contributed by atoms with van der Waals surface area (Å²) in [6.45, 7) is 1.78. The molecule has 0 aliphatic rings. The second-order valence-corrected chi connectivity index (χ2v) is 4.48. The lowest BCUT2D eigenvalue weighted by atomic mass is 10.0. The fraction of sp³-hybridized carbons (Fsp3) is 0.364. The molecule has 3 nitrogen and oxygen atoms in total. The smallest absolute Gasteiger partial charge is 0.342 e. The van der Waals surface area contributed by atoms with E-state index in [2.05, 4.69) is 27.3 Å². The molecule has 0 radical (unpaired) electrons. The number of esters is 1. The highest BCUT2D eigenvalue weighted by Gasteiger charge is 2.27. The minimum Gasteiger partial charge on any atom is -0.464 e. The third-order valence-corrected chi connectivity index (χ3v) is 2.73. The summed E-state index contributed by atoms with van der Waals surface area (Å²) in [5.74, 6) is -0.908. The first-order valence-corrected chi connectivity index (χ1v) is 5.96. The van der Waals surface area contributed by atoms with E-state index in [9.17, 15) is 9.18 Å². The number of carbonyl (C=O) groups is 1. The van der Waals surface area contributed by atoms with E-state index in [1.165, 1.54) is 0 Å². The van der Waals surface area contributed by atoms with Gasteiger partial charge < -0.3 is 10.5 Å². The van der Waals surface area contributed by atoms with Gasteiger partial charge in [0.1, 0.15) is 0 Å². The van der Waals surface area contributed by atoms with Crippen molar-refractivity contribution in [2.75, 3.05) is 6.61 Å². The Morgan fingerprint density at radius 1 is 1.59 bits per heavy atom. The maximum Gasteiger partial charge on any atom is 0.342 e. The van der Waals surface area contributed by atoms with Crippen molar-refractivity contribution in [3.8, 4) is 0 Å². The third-order valence-electron chi connectivity index (χ3n) is 2.06. The Bertz CT molecular complexity index is 378. The van der Waals surface area contributed by atoms with Gasteiger partial charge in [-0.05, 0) is 47.2 Å². The van der Waals surface area contributed by atoms with Gasteiger partial charge in [0.25, 0.3) is 0 Å². The fourth-order valence-corrected chi connectivity index (χ4v) is 1.82. The number of ether oxygens (including phenoxy) is 1.